The summed E-state index contributed by atoms with van der Waals surface area (Å²) in [6.45, 7) is 5.96. The SMILES string of the molecule is [CH2]CC[C]=CCCCCC. The lowest BCUT2D eigenvalue weighted by atomic mass is 10.2. The highest BCUT2D eigenvalue weighted by Gasteiger charge is 1.80. The van der Waals surface area contributed by atoms with Crippen molar-refractivity contribution in [2.75, 3.05) is 0 Å². The average Bonchev–Trinajstić information content (AvgIpc) is 1.97. The monoisotopic (exact) mass is 138 g/mol. The van der Waals surface area contributed by atoms with Crippen LogP contribution in [0.1, 0.15) is 45.4 Å². The van der Waals surface area contributed by atoms with Crippen LogP contribution in [0.25, 0.3) is 0 Å². The molecule has 0 fully saturated rings. The van der Waals surface area contributed by atoms with Crippen LogP contribution in [0.2, 0.25) is 0 Å². The van der Waals surface area contributed by atoms with Crippen LogP contribution in [0.5, 0.6) is 0 Å². The number of rotatable bonds is 6. The van der Waals surface area contributed by atoms with E-state index in [1.165, 1.54) is 25.7 Å². The maximum absolute atomic E-state index is 3.74. The minimum Gasteiger partial charge on any atom is -0.0811 e. The summed E-state index contributed by atoms with van der Waals surface area (Å²) in [4.78, 5) is 0. The fraction of sp³-hybridized carbons (Fsp3) is 0.700. The van der Waals surface area contributed by atoms with E-state index in [0.29, 0.717) is 0 Å². The molecule has 0 nitrogen and oxygen atoms in total. The standard InChI is InChI=1S/C10H18/c1-3-5-7-9-10-8-6-4-2/h9H,1,3-6,8,10H2,2H3. The molecule has 2 radical (unpaired) electrons. The summed E-state index contributed by atoms with van der Waals surface area (Å²) >= 11 is 0. The first-order valence-electron chi connectivity index (χ1n) is 4.26. The molecule has 58 valence electrons. The summed E-state index contributed by atoms with van der Waals surface area (Å²) in [5, 5.41) is 0. The molecule has 0 unspecified atom stereocenters. The lowest BCUT2D eigenvalue weighted by Gasteiger charge is -1.90. The summed E-state index contributed by atoms with van der Waals surface area (Å²) in [5.41, 5.74) is 0. The largest absolute Gasteiger partial charge is 0.0811 e. The van der Waals surface area contributed by atoms with Crippen LogP contribution in [-0.4, -0.2) is 0 Å². The van der Waals surface area contributed by atoms with Gasteiger partial charge in [0, 0.05) is 0 Å². The molecule has 0 saturated carbocycles. The first-order valence-corrected chi connectivity index (χ1v) is 4.26. The molecule has 0 heteroatoms. The molecule has 0 heterocycles. The Morgan fingerprint density at radius 1 is 1.40 bits per heavy atom. The van der Waals surface area contributed by atoms with Gasteiger partial charge in [0.05, 0.1) is 0 Å². The van der Waals surface area contributed by atoms with Crippen molar-refractivity contribution < 1.29 is 0 Å². The van der Waals surface area contributed by atoms with Crippen LogP contribution in [0, 0.1) is 13.0 Å². The van der Waals surface area contributed by atoms with Crippen molar-refractivity contribution in [3.63, 3.8) is 0 Å². The third kappa shape index (κ3) is 7.74. The molecular weight excluding hydrogens is 120 g/mol. The summed E-state index contributed by atoms with van der Waals surface area (Å²) in [6.07, 6.45) is 12.5. The maximum atomic E-state index is 3.74. The highest BCUT2D eigenvalue weighted by molar-refractivity contribution is 4.73. The Balaban J connectivity index is 2.88. The highest BCUT2D eigenvalue weighted by Crippen LogP contribution is 1.99. The molecule has 10 heavy (non-hydrogen) atoms. The summed E-state index contributed by atoms with van der Waals surface area (Å²) in [6, 6.07) is 0. The second-order valence-corrected chi connectivity index (χ2v) is 2.51. The Hall–Kier alpha value is -0.260. The second-order valence-electron chi connectivity index (χ2n) is 2.51. The van der Waals surface area contributed by atoms with Crippen molar-refractivity contribution in [2.24, 2.45) is 0 Å². The van der Waals surface area contributed by atoms with Crippen molar-refractivity contribution in [1.82, 2.24) is 0 Å². The molecule has 0 aliphatic heterocycles. The second kappa shape index (κ2) is 8.74. The van der Waals surface area contributed by atoms with Gasteiger partial charge in [-0.15, -0.1) is 0 Å². The van der Waals surface area contributed by atoms with E-state index in [1.54, 1.807) is 0 Å². The smallest absolute Gasteiger partial charge is 0.0279 e. The molecule has 0 saturated heterocycles. The van der Waals surface area contributed by atoms with Gasteiger partial charge in [0.15, 0.2) is 0 Å². The molecular formula is C10H18. The molecule has 0 aliphatic carbocycles. The number of unbranched alkanes of at least 4 members (excludes halogenated alkanes) is 4. The first-order chi connectivity index (χ1) is 4.91. The zero-order chi connectivity index (χ0) is 7.66. The van der Waals surface area contributed by atoms with Crippen LogP contribution >= 0.6 is 0 Å². The van der Waals surface area contributed by atoms with E-state index >= 15 is 0 Å². The molecule has 0 amide bonds. The van der Waals surface area contributed by atoms with Gasteiger partial charge in [0.1, 0.15) is 0 Å². The van der Waals surface area contributed by atoms with E-state index in [9.17, 15) is 0 Å². The molecule has 0 aromatic rings. The Bertz CT molecular complexity index is 72.1. The minimum absolute atomic E-state index is 0.976. The predicted octanol–water partition coefficient (Wildman–Crippen LogP) is 3.54. The first kappa shape index (κ1) is 9.74. The van der Waals surface area contributed by atoms with Gasteiger partial charge in [-0.05, 0) is 31.8 Å². The third-order valence-electron chi connectivity index (χ3n) is 1.42. The molecule has 0 N–H and O–H groups in total. The van der Waals surface area contributed by atoms with Crippen LogP contribution in [-0.2, 0) is 0 Å². The Morgan fingerprint density at radius 3 is 2.80 bits per heavy atom. The van der Waals surface area contributed by atoms with Crippen LogP contribution in [0.4, 0.5) is 0 Å². The summed E-state index contributed by atoms with van der Waals surface area (Å²) in [5.74, 6) is 0. The fourth-order valence-corrected chi connectivity index (χ4v) is 0.803. The highest BCUT2D eigenvalue weighted by atomic mass is 13.9. The minimum atomic E-state index is 0.976. The van der Waals surface area contributed by atoms with Crippen molar-refractivity contribution in [3.8, 4) is 0 Å². The van der Waals surface area contributed by atoms with Crippen LogP contribution < -0.4 is 0 Å². The Morgan fingerprint density at radius 2 is 2.20 bits per heavy atom. The van der Waals surface area contributed by atoms with E-state index in [2.05, 4.69) is 26.0 Å². The van der Waals surface area contributed by atoms with Gasteiger partial charge in [0.2, 0.25) is 0 Å². The quantitative estimate of drug-likeness (QED) is 0.492. The van der Waals surface area contributed by atoms with E-state index in [1.807, 2.05) is 0 Å². The Labute approximate surface area is 65.3 Å². The van der Waals surface area contributed by atoms with E-state index in [0.717, 1.165) is 12.8 Å². The normalized spacial score (nSPS) is 11.0. The fourth-order valence-electron chi connectivity index (χ4n) is 0.803. The van der Waals surface area contributed by atoms with Gasteiger partial charge in [-0.3, -0.25) is 0 Å². The van der Waals surface area contributed by atoms with Gasteiger partial charge < -0.3 is 0 Å². The lowest BCUT2D eigenvalue weighted by molar-refractivity contribution is 0.727. The zero-order valence-corrected chi connectivity index (χ0v) is 7.03. The van der Waals surface area contributed by atoms with Gasteiger partial charge in [0.25, 0.3) is 0 Å². The van der Waals surface area contributed by atoms with Crippen LogP contribution in [0.15, 0.2) is 6.08 Å². The van der Waals surface area contributed by atoms with Gasteiger partial charge in [-0.25, -0.2) is 0 Å². The topological polar surface area (TPSA) is 0 Å². The number of hydrogen-bond acceptors (Lipinski definition) is 0. The van der Waals surface area contributed by atoms with Crippen LogP contribution in [0.3, 0.4) is 0 Å². The molecule has 0 spiro atoms. The van der Waals surface area contributed by atoms with Gasteiger partial charge >= 0.3 is 0 Å². The third-order valence-corrected chi connectivity index (χ3v) is 1.42. The molecule has 0 aromatic heterocycles. The summed E-state index contributed by atoms with van der Waals surface area (Å²) < 4.78 is 0. The molecule has 0 aliphatic rings. The number of hydrogen-bond donors (Lipinski definition) is 0. The molecule has 0 atom stereocenters. The molecule has 0 aromatic carbocycles. The Kier molecular flexibility index (Phi) is 8.51. The van der Waals surface area contributed by atoms with E-state index in [4.69, 9.17) is 0 Å². The van der Waals surface area contributed by atoms with E-state index < -0.39 is 0 Å². The summed E-state index contributed by atoms with van der Waals surface area (Å²) in [7, 11) is 0. The maximum Gasteiger partial charge on any atom is -0.0279 e. The van der Waals surface area contributed by atoms with Crippen molar-refractivity contribution >= 4 is 0 Å². The van der Waals surface area contributed by atoms with Crippen molar-refractivity contribution in [2.45, 2.75) is 45.4 Å². The van der Waals surface area contributed by atoms with Crippen molar-refractivity contribution in [1.29, 1.82) is 0 Å². The predicted molar refractivity (Wildman–Crippen MR) is 46.5 cm³/mol. The van der Waals surface area contributed by atoms with Gasteiger partial charge in [-0.2, -0.15) is 0 Å². The average molecular weight is 138 g/mol. The van der Waals surface area contributed by atoms with Crippen molar-refractivity contribution in [3.05, 3.63) is 19.1 Å². The zero-order valence-electron chi connectivity index (χ0n) is 7.03. The van der Waals surface area contributed by atoms with E-state index in [-0.39, 0.29) is 0 Å². The lowest BCUT2D eigenvalue weighted by Crippen LogP contribution is -1.71. The molecule has 0 bridgehead atoms. The van der Waals surface area contributed by atoms with Gasteiger partial charge in [-0.1, -0.05) is 32.8 Å². The molecule has 0 rings (SSSR count). The number of allylic oxidation sites excluding steroid dienone is 2.